The Balaban J connectivity index is 3.78. The highest BCUT2D eigenvalue weighted by atomic mass is 16.5. The highest BCUT2D eigenvalue weighted by molar-refractivity contribution is 4.85. The van der Waals surface area contributed by atoms with E-state index in [1.54, 1.807) is 0 Å². The Morgan fingerprint density at radius 1 is 0.844 bits per heavy atom. The molecule has 0 heterocycles. The van der Waals surface area contributed by atoms with Crippen molar-refractivity contribution >= 4 is 0 Å². The predicted molar refractivity (Wildman–Crippen MR) is 136 cm³/mol. The molecule has 0 saturated carbocycles. The maximum Gasteiger partial charge on any atom is 0.106 e. The molecule has 3 atom stereocenters. The van der Waals surface area contributed by atoms with Crippen molar-refractivity contribution in [3.63, 3.8) is 0 Å². The summed E-state index contributed by atoms with van der Waals surface area (Å²) in [4.78, 5) is 0. The van der Waals surface area contributed by atoms with Gasteiger partial charge in [-0.3, -0.25) is 5.32 Å². The van der Waals surface area contributed by atoms with E-state index in [-0.39, 0.29) is 17.2 Å². The molecule has 9 nitrogen and oxygen atoms in total. The Morgan fingerprint density at radius 3 is 1.91 bits per heavy atom. The number of aliphatic hydroxyl groups is 1. The van der Waals surface area contributed by atoms with Crippen LogP contribution < -0.4 is 38.1 Å². The van der Waals surface area contributed by atoms with Crippen molar-refractivity contribution in [2.24, 2.45) is 17.4 Å². The number of hydrogen-bond donors (Lipinski definition) is 8. The standard InChI is InChI=1S/C23H55N7O2/c1-19(18-32-22(3,4)17-20(2)25)23(5,6)30-9-7-21(31)29-16-15-28-14-13-27-12-11-26-10-8-24/h19-21,26-31H,7-18,24-25H2,1-6H3. The van der Waals surface area contributed by atoms with Crippen molar-refractivity contribution in [2.75, 3.05) is 65.5 Å². The molecule has 0 aliphatic carbocycles. The zero-order valence-electron chi connectivity index (χ0n) is 21.7. The average Bonchev–Trinajstić information content (AvgIpc) is 2.69. The van der Waals surface area contributed by atoms with Crippen molar-refractivity contribution in [3.8, 4) is 0 Å². The van der Waals surface area contributed by atoms with Crippen molar-refractivity contribution in [1.82, 2.24) is 26.6 Å². The summed E-state index contributed by atoms with van der Waals surface area (Å²) >= 11 is 0. The zero-order chi connectivity index (χ0) is 24.5. The third-order valence-electron chi connectivity index (χ3n) is 5.73. The summed E-state index contributed by atoms with van der Waals surface area (Å²) in [6, 6.07) is 0.126. The minimum absolute atomic E-state index is 0.0848. The summed E-state index contributed by atoms with van der Waals surface area (Å²) < 4.78 is 6.14. The van der Waals surface area contributed by atoms with Gasteiger partial charge in [-0.2, -0.15) is 0 Å². The number of aliphatic hydroxyl groups excluding tert-OH is 1. The molecule has 194 valence electrons. The molecular formula is C23H55N7O2. The molecular weight excluding hydrogens is 406 g/mol. The molecule has 0 rings (SSSR count). The van der Waals surface area contributed by atoms with Crippen molar-refractivity contribution in [3.05, 3.63) is 0 Å². The summed E-state index contributed by atoms with van der Waals surface area (Å²) in [6.45, 7) is 21.0. The van der Waals surface area contributed by atoms with Gasteiger partial charge in [-0.1, -0.05) is 6.92 Å². The second-order valence-corrected chi connectivity index (χ2v) is 10.1. The molecule has 0 spiro atoms. The first-order valence-electron chi connectivity index (χ1n) is 12.4. The van der Waals surface area contributed by atoms with Gasteiger partial charge in [0.15, 0.2) is 0 Å². The van der Waals surface area contributed by atoms with Gasteiger partial charge < -0.3 is 42.6 Å². The van der Waals surface area contributed by atoms with Gasteiger partial charge in [-0.25, -0.2) is 0 Å². The number of nitrogens with two attached hydrogens (primary N) is 2. The highest BCUT2D eigenvalue weighted by Crippen LogP contribution is 2.22. The fraction of sp³-hybridized carbons (Fsp3) is 1.00. The lowest BCUT2D eigenvalue weighted by molar-refractivity contribution is -0.0522. The minimum atomic E-state index is -0.511. The Morgan fingerprint density at radius 2 is 1.38 bits per heavy atom. The largest absolute Gasteiger partial charge is 0.379 e. The molecule has 0 aromatic carbocycles. The SMILES string of the molecule is CC(N)CC(C)(C)OCC(C)C(C)(C)NCCC(O)NCCNCCNCCNCCN. The average molecular weight is 462 g/mol. The third kappa shape index (κ3) is 18.1. The number of ether oxygens (including phenoxy) is 1. The van der Waals surface area contributed by atoms with Crippen LogP contribution in [0.2, 0.25) is 0 Å². The number of rotatable bonds is 22. The molecule has 9 heteroatoms. The van der Waals surface area contributed by atoms with Gasteiger partial charge in [0.2, 0.25) is 0 Å². The maximum atomic E-state index is 10.2. The van der Waals surface area contributed by atoms with Crippen LogP contribution in [-0.4, -0.2) is 94.0 Å². The molecule has 0 aromatic heterocycles. The van der Waals surface area contributed by atoms with E-state index in [1.807, 2.05) is 6.92 Å². The molecule has 0 amide bonds. The van der Waals surface area contributed by atoms with Gasteiger partial charge >= 0.3 is 0 Å². The van der Waals surface area contributed by atoms with Crippen LogP contribution in [0.4, 0.5) is 0 Å². The molecule has 0 fully saturated rings. The second kappa shape index (κ2) is 18.0. The molecule has 0 aromatic rings. The monoisotopic (exact) mass is 461 g/mol. The van der Waals surface area contributed by atoms with Gasteiger partial charge in [-0.05, 0) is 59.9 Å². The van der Waals surface area contributed by atoms with Crippen molar-refractivity contribution in [1.29, 1.82) is 0 Å². The Kier molecular flexibility index (Phi) is 17.8. The van der Waals surface area contributed by atoms with Crippen LogP contribution in [0, 0.1) is 5.92 Å². The van der Waals surface area contributed by atoms with E-state index in [2.05, 4.69) is 61.2 Å². The normalized spacial score (nSPS) is 15.7. The van der Waals surface area contributed by atoms with Crippen LogP contribution in [0.5, 0.6) is 0 Å². The van der Waals surface area contributed by atoms with Gasteiger partial charge in [0.25, 0.3) is 0 Å². The first-order valence-corrected chi connectivity index (χ1v) is 12.4. The van der Waals surface area contributed by atoms with Crippen LogP contribution in [0.15, 0.2) is 0 Å². The summed E-state index contributed by atoms with van der Waals surface area (Å²) in [5, 5.41) is 26.9. The van der Waals surface area contributed by atoms with Crippen LogP contribution in [0.25, 0.3) is 0 Å². The fourth-order valence-electron chi connectivity index (χ4n) is 3.36. The van der Waals surface area contributed by atoms with E-state index in [9.17, 15) is 5.11 Å². The lowest BCUT2D eigenvalue weighted by Crippen LogP contribution is -2.49. The van der Waals surface area contributed by atoms with Crippen LogP contribution in [-0.2, 0) is 4.74 Å². The van der Waals surface area contributed by atoms with Gasteiger partial charge in [0, 0.05) is 63.9 Å². The summed E-state index contributed by atoms with van der Waals surface area (Å²) in [7, 11) is 0. The van der Waals surface area contributed by atoms with Gasteiger partial charge in [0.05, 0.1) is 12.2 Å². The van der Waals surface area contributed by atoms with Crippen LogP contribution in [0.1, 0.15) is 54.4 Å². The Hall–Kier alpha value is -0.360. The van der Waals surface area contributed by atoms with E-state index >= 15 is 0 Å². The molecule has 0 bridgehead atoms. The van der Waals surface area contributed by atoms with E-state index in [0.717, 1.165) is 58.8 Å². The third-order valence-corrected chi connectivity index (χ3v) is 5.73. The second-order valence-electron chi connectivity index (χ2n) is 10.1. The first-order chi connectivity index (χ1) is 15.0. The van der Waals surface area contributed by atoms with E-state index in [4.69, 9.17) is 16.2 Å². The lowest BCUT2D eigenvalue weighted by atomic mass is 9.89. The maximum absolute atomic E-state index is 10.2. The van der Waals surface area contributed by atoms with E-state index in [0.29, 0.717) is 25.5 Å². The van der Waals surface area contributed by atoms with Gasteiger partial charge in [-0.15, -0.1) is 0 Å². The van der Waals surface area contributed by atoms with Crippen LogP contribution in [0.3, 0.4) is 0 Å². The number of nitrogens with one attached hydrogen (secondary N) is 5. The quantitative estimate of drug-likeness (QED) is 0.0794. The van der Waals surface area contributed by atoms with E-state index < -0.39 is 6.23 Å². The van der Waals surface area contributed by atoms with Crippen LogP contribution >= 0.6 is 0 Å². The summed E-state index contributed by atoms with van der Waals surface area (Å²) in [6.07, 6.45) is 0.983. The predicted octanol–water partition coefficient (Wildman–Crippen LogP) is -0.451. The molecule has 10 N–H and O–H groups in total. The Bertz CT molecular complexity index is 437. The van der Waals surface area contributed by atoms with Crippen molar-refractivity contribution in [2.45, 2.75) is 77.8 Å². The first kappa shape index (κ1) is 31.6. The van der Waals surface area contributed by atoms with Gasteiger partial charge in [0.1, 0.15) is 6.23 Å². The molecule has 32 heavy (non-hydrogen) atoms. The molecule has 0 radical (unpaired) electrons. The Labute approximate surface area is 197 Å². The minimum Gasteiger partial charge on any atom is -0.379 e. The topological polar surface area (TPSA) is 142 Å². The fourth-order valence-corrected chi connectivity index (χ4v) is 3.36. The van der Waals surface area contributed by atoms with Crippen molar-refractivity contribution < 1.29 is 9.84 Å². The molecule has 0 saturated heterocycles. The molecule has 0 aliphatic heterocycles. The number of hydrogen-bond acceptors (Lipinski definition) is 9. The molecule has 3 unspecified atom stereocenters. The summed E-state index contributed by atoms with van der Waals surface area (Å²) in [5.74, 6) is 0.328. The summed E-state index contributed by atoms with van der Waals surface area (Å²) in [5.41, 5.74) is 11.0. The van der Waals surface area contributed by atoms with E-state index in [1.165, 1.54) is 0 Å². The highest BCUT2D eigenvalue weighted by Gasteiger charge is 2.28. The lowest BCUT2D eigenvalue weighted by Gasteiger charge is -2.36. The molecule has 0 aliphatic rings. The zero-order valence-corrected chi connectivity index (χ0v) is 21.7. The smallest absolute Gasteiger partial charge is 0.106 e.